The van der Waals surface area contributed by atoms with Crippen LogP contribution in [0.25, 0.3) is 11.1 Å². The molecule has 0 aliphatic rings. The van der Waals surface area contributed by atoms with E-state index in [1.54, 1.807) is 0 Å². The molecular formula is C13H9F2NO2. The Labute approximate surface area is 102 Å². The van der Waals surface area contributed by atoms with Gasteiger partial charge in [-0.25, -0.2) is 13.8 Å². The first-order valence-corrected chi connectivity index (χ1v) is 5.12. The van der Waals surface area contributed by atoms with Gasteiger partial charge < -0.3 is 4.74 Å². The first-order chi connectivity index (χ1) is 8.67. The van der Waals surface area contributed by atoms with E-state index < -0.39 is 11.6 Å². The number of halogens is 2. The Kier molecular flexibility index (Phi) is 3.32. The molecule has 0 saturated heterocycles. The van der Waals surface area contributed by atoms with Gasteiger partial charge in [0.15, 0.2) is 17.9 Å². The maximum atomic E-state index is 13.6. The van der Waals surface area contributed by atoms with Crippen LogP contribution in [0.1, 0.15) is 10.5 Å². The van der Waals surface area contributed by atoms with Gasteiger partial charge in [0.05, 0.1) is 7.11 Å². The summed E-state index contributed by atoms with van der Waals surface area (Å²) >= 11 is 0. The number of pyridine rings is 1. The lowest BCUT2D eigenvalue weighted by atomic mass is 10.0. The number of hydrogen-bond acceptors (Lipinski definition) is 3. The van der Waals surface area contributed by atoms with Gasteiger partial charge >= 0.3 is 0 Å². The first-order valence-electron chi connectivity index (χ1n) is 5.12. The van der Waals surface area contributed by atoms with Gasteiger partial charge in [-0.3, -0.25) is 4.79 Å². The molecule has 0 radical (unpaired) electrons. The van der Waals surface area contributed by atoms with Crippen molar-refractivity contribution in [2.24, 2.45) is 0 Å². The highest BCUT2D eigenvalue weighted by Gasteiger charge is 2.14. The van der Waals surface area contributed by atoms with Crippen LogP contribution < -0.4 is 4.74 Å². The average Bonchev–Trinajstić information content (AvgIpc) is 2.41. The Morgan fingerprint density at radius 2 is 1.94 bits per heavy atom. The minimum atomic E-state index is -1.01. The van der Waals surface area contributed by atoms with E-state index in [2.05, 4.69) is 4.98 Å². The van der Waals surface area contributed by atoms with Crippen molar-refractivity contribution in [1.29, 1.82) is 0 Å². The van der Waals surface area contributed by atoms with Gasteiger partial charge in [0.2, 0.25) is 5.88 Å². The van der Waals surface area contributed by atoms with E-state index in [4.69, 9.17) is 4.74 Å². The SMILES string of the molecule is COc1ccc(-c2cccc(F)c2F)c(C=O)n1. The zero-order valence-electron chi connectivity index (χ0n) is 9.48. The second kappa shape index (κ2) is 4.91. The van der Waals surface area contributed by atoms with Crippen molar-refractivity contribution in [2.75, 3.05) is 7.11 Å². The average molecular weight is 249 g/mol. The van der Waals surface area contributed by atoms with Crippen LogP contribution >= 0.6 is 0 Å². The van der Waals surface area contributed by atoms with Gasteiger partial charge in [-0.1, -0.05) is 12.1 Å². The molecule has 1 aromatic carbocycles. The van der Waals surface area contributed by atoms with Gasteiger partial charge in [0.1, 0.15) is 5.69 Å². The second-order valence-corrected chi connectivity index (χ2v) is 3.51. The first kappa shape index (κ1) is 12.2. The Morgan fingerprint density at radius 3 is 2.61 bits per heavy atom. The summed E-state index contributed by atoms with van der Waals surface area (Å²) in [6, 6.07) is 6.71. The molecule has 0 saturated carbocycles. The van der Waals surface area contributed by atoms with Crippen LogP contribution in [0.4, 0.5) is 8.78 Å². The number of nitrogens with zero attached hydrogens (tertiary/aromatic N) is 1. The van der Waals surface area contributed by atoms with Crippen molar-refractivity contribution in [3.8, 4) is 17.0 Å². The zero-order chi connectivity index (χ0) is 13.1. The van der Waals surface area contributed by atoms with Crippen molar-refractivity contribution in [2.45, 2.75) is 0 Å². The monoisotopic (exact) mass is 249 g/mol. The van der Waals surface area contributed by atoms with Crippen LogP contribution in [-0.2, 0) is 0 Å². The number of benzene rings is 1. The summed E-state index contributed by atoms with van der Waals surface area (Å²) in [5, 5.41) is 0. The number of methoxy groups -OCH3 is 1. The van der Waals surface area contributed by atoms with E-state index >= 15 is 0 Å². The predicted molar refractivity (Wildman–Crippen MR) is 61.5 cm³/mol. The lowest BCUT2D eigenvalue weighted by molar-refractivity contribution is 0.111. The molecule has 3 nitrogen and oxygen atoms in total. The number of aromatic nitrogens is 1. The number of carbonyl (C=O) groups excluding carboxylic acids is 1. The third kappa shape index (κ3) is 2.07. The zero-order valence-corrected chi connectivity index (χ0v) is 9.48. The third-order valence-electron chi connectivity index (χ3n) is 2.46. The number of hydrogen-bond donors (Lipinski definition) is 0. The molecule has 1 heterocycles. The van der Waals surface area contributed by atoms with E-state index in [9.17, 15) is 13.6 Å². The lowest BCUT2D eigenvalue weighted by Crippen LogP contribution is -1.98. The molecular weight excluding hydrogens is 240 g/mol. The summed E-state index contributed by atoms with van der Waals surface area (Å²) in [5.41, 5.74) is 0.217. The highest BCUT2D eigenvalue weighted by atomic mass is 19.2. The molecule has 1 aromatic heterocycles. The largest absolute Gasteiger partial charge is 0.481 e. The van der Waals surface area contributed by atoms with E-state index in [1.807, 2.05) is 0 Å². The van der Waals surface area contributed by atoms with Crippen LogP contribution in [-0.4, -0.2) is 18.4 Å². The normalized spacial score (nSPS) is 10.2. The fourth-order valence-electron chi connectivity index (χ4n) is 1.60. The lowest BCUT2D eigenvalue weighted by Gasteiger charge is -2.07. The van der Waals surface area contributed by atoms with Gasteiger partial charge in [0, 0.05) is 17.2 Å². The number of aldehydes is 1. The number of rotatable bonds is 3. The van der Waals surface area contributed by atoms with E-state index in [1.165, 1.54) is 31.4 Å². The molecule has 0 atom stereocenters. The highest BCUT2D eigenvalue weighted by molar-refractivity contribution is 5.85. The van der Waals surface area contributed by atoms with Crippen molar-refractivity contribution in [1.82, 2.24) is 4.98 Å². The molecule has 0 aliphatic carbocycles. The molecule has 0 N–H and O–H groups in total. The minimum absolute atomic E-state index is 0.00106. The van der Waals surface area contributed by atoms with Crippen molar-refractivity contribution >= 4 is 6.29 Å². The second-order valence-electron chi connectivity index (χ2n) is 3.51. The topological polar surface area (TPSA) is 39.2 Å². The summed E-state index contributed by atoms with van der Waals surface area (Å²) < 4.78 is 31.6. The van der Waals surface area contributed by atoms with Crippen LogP contribution in [0.5, 0.6) is 5.88 Å². The van der Waals surface area contributed by atoms with Crippen molar-refractivity contribution in [3.63, 3.8) is 0 Å². The molecule has 2 rings (SSSR count). The standard InChI is InChI=1S/C13H9F2NO2/c1-18-12-6-5-8(11(7-17)16-12)9-3-2-4-10(14)13(9)15/h2-7H,1H3. The van der Waals surface area contributed by atoms with Crippen LogP contribution in [0.3, 0.4) is 0 Å². The molecule has 0 amide bonds. The molecule has 92 valence electrons. The third-order valence-corrected chi connectivity index (χ3v) is 2.46. The molecule has 5 heteroatoms. The molecule has 0 fully saturated rings. The van der Waals surface area contributed by atoms with E-state index in [0.29, 0.717) is 6.29 Å². The van der Waals surface area contributed by atoms with Crippen LogP contribution in [0.15, 0.2) is 30.3 Å². The van der Waals surface area contributed by atoms with Gasteiger partial charge in [-0.15, -0.1) is 0 Å². The highest BCUT2D eigenvalue weighted by Crippen LogP contribution is 2.27. The Balaban J connectivity index is 2.63. The fraction of sp³-hybridized carbons (Fsp3) is 0.0769. The molecule has 0 bridgehead atoms. The van der Waals surface area contributed by atoms with Crippen LogP contribution in [0, 0.1) is 11.6 Å². The van der Waals surface area contributed by atoms with Crippen molar-refractivity contribution < 1.29 is 18.3 Å². The number of carbonyl (C=O) groups is 1. The molecule has 2 aromatic rings. The summed E-state index contributed by atoms with van der Waals surface area (Å²) in [4.78, 5) is 14.8. The van der Waals surface area contributed by atoms with E-state index in [-0.39, 0.29) is 22.7 Å². The van der Waals surface area contributed by atoms with Gasteiger partial charge in [-0.2, -0.15) is 0 Å². The molecule has 0 aliphatic heterocycles. The maximum Gasteiger partial charge on any atom is 0.213 e. The Hall–Kier alpha value is -2.30. The van der Waals surface area contributed by atoms with Gasteiger partial charge in [-0.05, 0) is 12.1 Å². The molecule has 0 unspecified atom stereocenters. The van der Waals surface area contributed by atoms with Gasteiger partial charge in [0.25, 0.3) is 0 Å². The summed E-state index contributed by atoms with van der Waals surface area (Å²) in [5.74, 6) is -1.75. The predicted octanol–water partition coefficient (Wildman–Crippen LogP) is 2.85. The maximum absolute atomic E-state index is 13.6. The fourth-order valence-corrected chi connectivity index (χ4v) is 1.60. The quantitative estimate of drug-likeness (QED) is 0.785. The Bertz CT molecular complexity index is 600. The van der Waals surface area contributed by atoms with Crippen LogP contribution in [0.2, 0.25) is 0 Å². The smallest absolute Gasteiger partial charge is 0.213 e. The van der Waals surface area contributed by atoms with Crippen molar-refractivity contribution in [3.05, 3.63) is 47.7 Å². The summed E-state index contributed by atoms with van der Waals surface area (Å²) in [6.07, 6.45) is 0.474. The Morgan fingerprint density at radius 1 is 1.17 bits per heavy atom. The number of ether oxygens (including phenoxy) is 1. The van der Waals surface area contributed by atoms with E-state index in [0.717, 1.165) is 6.07 Å². The minimum Gasteiger partial charge on any atom is -0.481 e. The summed E-state index contributed by atoms with van der Waals surface area (Å²) in [6.45, 7) is 0. The molecule has 0 spiro atoms. The molecule has 18 heavy (non-hydrogen) atoms. The summed E-state index contributed by atoms with van der Waals surface area (Å²) in [7, 11) is 1.40.